The minimum atomic E-state index is -0.156. The van der Waals surface area contributed by atoms with Crippen LogP contribution in [0.15, 0.2) is 47.6 Å². The van der Waals surface area contributed by atoms with E-state index >= 15 is 0 Å². The van der Waals surface area contributed by atoms with Gasteiger partial charge in [0.1, 0.15) is 0 Å². The molecule has 0 unspecified atom stereocenters. The minimum absolute atomic E-state index is 0.156. The molecule has 1 heterocycles. The highest BCUT2D eigenvalue weighted by atomic mass is 35.5. The number of hydrogen-bond acceptors (Lipinski definition) is 4. The number of aromatic amines is 1. The van der Waals surface area contributed by atoms with Crippen molar-refractivity contribution < 1.29 is 4.79 Å². The van der Waals surface area contributed by atoms with Gasteiger partial charge in [0.05, 0.1) is 22.7 Å². The lowest BCUT2D eigenvalue weighted by Gasteiger charge is -2.04. The lowest BCUT2D eigenvalue weighted by Crippen LogP contribution is -2.25. The first kappa shape index (κ1) is 16.4. The average Bonchev–Trinajstić information content (AvgIpc) is 3.00. The molecule has 5 nitrogen and oxygen atoms in total. The molecule has 0 saturated carbocycles. The number of carbonyl (C=O) groups excluding carboxylic acids is 1. The third kappa shape index (κ3) is 3.88. The number of H-pyrrole nitrogens is 1. The normalized spacial score (nSPS) is 10.5. The highest BCUT2D eigenvalue weighted by Gasteiger charge is 2.06. The Morgan fingerprint density at radius 3 is 2.83 bits per heavy atom. The van der Waals surface area contributed by atoms with Gasteiger partial charge < -0.3 is 10.3 Å². The molecule has 0 aliphatic rings. The molecule has 0 bridgehead atoms. The SMILES string of the molecule is N#Cc1ccc(C(=O)NCCSc2nc3ccc(Cl)cc3[nH]2)cc1. The molecule has 0 aliphatic carbocycles. The molecule has 3 rings (SSSR count). The fourth-order valence-electron chi connectivity index (χ4n) is 2.14. The van der Waals surface area contributed by atoms with Gasteiger partial charge in [0.15, 0.2) is 5.16 Å². The highest BCUT2D eigenvalue weighted by Crippen LogP contribution is 2.21. The van der Waals surface area contributed by atoms with Gasteiger partial charge in [0.2, 0.25) is 0 Å². The number of imidazole rings is 1. The number of hydrogen-bond donors (Lipinski definition) is 2. The second-order valence-corrected chi connectivity index (χ2v) is 6.52. The van der Waals surface area contributed by atoms with Gasteiger partial charge in [-0.2, -0.15) is 5.26 Å². The lowest BCUT2D eigenvalue weighted by molar-refractivity contribution is 0.0956. The van der Waals surface area contributed by atoms with E-state index in [9.17, 15) is 4.79 Å². The van der Waals surface area contributed by atoms with Crippen LogP contribution in [0.3, 0.4) is 0 Å². The van der Waals surface area contributed by atoms with Crippen molar-refractivity contribution in [2.75, 3.05) is 12.3 Å². The Balaban J connectivity index is 1.50. The van der Waals surface area contributed by atoms with E-state index in [0.717, 1.165) is 16.2 Å². The predicted octanol–water partition coefficient (Wildman–Crippen LogP) is 3.61. The van der Waals surface area contributed by atoms with Crippen LogP contribution in [0.5, 0.6) is 0 Å². The summed E-state index contributed by atoms with van der Waals surface area (Å²) in [6.45, 7) is 0.515. The summed E-state index contributed by atoms with van der Waals surface area (Å²) in [5.41, 5.74) is 2.83. The predicted molar refractivity (Wildman–Crippen MR) is 95.3 cm³/mol. The zero-order valence-electron chi connectivity index (χ0n) is 12.5. The summed E-state index contributed by atoms with van der Waals surface area (Å²) in [4.78, 5) is 19.6. The van der Waals surface area contributed by atoms with Crippen LogP contribution >= 0.6 is 23.4 Å². The van der Waals surface area contributed by atoms with Crippen molar-refractivity contribution in [3.63, 3.8) is 0 Å². The molecule has 0 saturated heterocycles. The van der Waals surface area contributed by atoms with Gasteiger partial charge in [0.25, 0.3) is 5.91 Å². The summed E-state index contributed by atoms with van der Waals surface area (Å²) in [5, 5.41) is 13.0. The summed E-state index contributed by atoms with van der Waals surface area (Å²) >= 11 is 7.47. The topological polar surface area (TPSA) is 81.6 Å². The van der Waals surface area contributed by atoms with Crippen molar-refractivity contribution in [1.29, 1.82) is 5.26 Å². The third-order valence-electron chi connectivity index (χ3n) is 3.32. The van der Waals surface area contributed by atoms with Crippen LogP contribution in [0.1, 0.15) is 15.9 Å². The Morgan fingerprint density at radius 2 is 2.08 bits per heavy atom. The molecule has 0 fully saturated rings. The van der Waals surface area contributed by atoms with Crippen molar-refractivity contribution in [3.8, 4) is 6.07 Å². The van der Waals surface area contributed by atoms with Crippen LogP contribution in [0.2, 0.25) is 5.02 Å². The Hall–Kier alpha value is -2.49. The van der Waals surface area contributed by atoms with Crippen LogP contribution in [0, 0.1) is 11.3 Å². The van der Waals surface area contributed by atoms with Gasteiger partial charge in [-0.25, -0.2) is 4.98 Å². The van der Waals surface area contributed by atoms with Gasteiger partial charge in [0, 0.05) is 22.9 Å². The Labute approximate surface area is 148 Å². The van der Waals surface area contributed by atoms with E-state index in [0.29, 0.717) is 28.4 Å². The number of aromatic nitrogens is 2. The zero-order valence-corrected chi connectivity index (χ0v) is 14.1. The number of halogens is 1. The summed E-state index contributed by atoms with van der Waals surface area (Å²) in [5.74, 6) is 0.534. The first-order valence-corrected chi connectivity index (χ1v) is 8.58. The number of fused-ring (bicyclic) bond motifs is 1. The van der Waals surface area contributed by atoms with Crippen LogP contribution in [0.4, 0.5) is 0 Å². The maximum Gasteiger partial charge on any atom is 0.251 e. The molecule has 24 heavy (non-hydrogen) atoms. The van der Waals surface area contributed by atoms with Crippen LogP contribution < -0.4 is 5.32 Å². The van der Waals surface area contributed by atoms with Crippen molar-refractivity contribution in [2.45, 2.75) is 5.16 Å². The van der Waals surface area contributed by atoms with Gasteiger partial charge >= 0.3 is 0 Å². The quantitative estimate of drug-likeness (QED) is 0.540. The second kappa shape index (κ2) is 7.39. The summed E-state index contributed by atoms with van der Waals surface area (Å²) in [6.07, 6.45) is 0. The largest absolute Gasteiger partial charge is 0.351 e. The van der Waals surface area contributed by atoms with Gasteiger partial charge in [-0.3, -0.25) is 4.79 Å². The van der Waals surface area contributed by atoms with Crippen molar-refractivity contribution in [1.82, 2.24) is 15.3 Å². The standard InChI is InChI=1S/C17H13ClN4OS/c18-13-5-6-14-15(9-13)22-17(21-14)24-8-7-20-16(23)12-3-1-11(10-19)2-4-12/h1-6,9H,7-8H2,(H,20,23)(H,21,22). The number of amides is 1. The van der Waals surface area contributed by atoms with Crippen LogP contribution in [0.25, 0.3) is 11.0 Å². The Kier molecular flexibility index (Phi) is 5.04. The molecule has 2 aromatic carbocycles. The fraction of sp³-hybridized carbons (Fsp3) is 0.118. The molecule has 3 aromatic rings. The van der Waals surface area contributed by atoms with Crippen molar-refractivity contribution in [3.05, 3.63) is 58.6 Å². The van der Waals surface area contributed by atoms with Crippen molar-refractivity contribution >= 4 is 40.3 Å². The maximum absolute atomic E-state index is 12.0. The fourth-order valence-corrected chi connectivity index (χ4v) is 3.05. The molecule has 120 valence electrons. The maximum atomic E-state index is 12.0. The second-order valence-electron chi connectivity index (χ2n) is 5.00. The Morgan fingerprint density at radius 1 is 1.29 bits per heavy atom. The molecule has 2 N–H and O–H groups in total. The van der Waals surface area contributed by atoms with E-state index in [2.05, 4.69) is 15.3 Å². The molecular formula is C17H13ClN4OS. The molecule has 0 radical (unpaired) electrons. The third-order valence-corrected chi connectivity index (χ3v) is 4.43. The van der Waals surface area contributed by atoms with E-state index in [1.54, 1.807) is 30.3 Å². The minimum Gasteiger partial charge on any atom is -0.351 e. The molecule has 1 aromatic heterocycles. The van der Waals surface area contributed by atoms with E-state index in [1.165, 1.54) is 11.8 Å². The number of rotatable bonds is 5. The summed E-state index contributed by atoms with van der Waals surface area (Å²) in [7, 11) is 0. The molecular weight excluding hydrogens is 344 g/mol. The number of carbonyl (C=O) groups is 1. The zero-order chi connectivity index (χ0) is 16.9. The lowest BCUT2D eigenvalue weighted by atomic mass is 10.1. The molecule has 0 spiro atoms. The first-order valence-electron chi connectivity index (χ1n) is 7.22. The molecule has 7 heteroatoms. The first-order chi connectivity index (χ1) is 11.7. The van der Waals surface area contributed by atoms with E-state index < -0.39 is 0 Å². The Bertz CT molecular complexity index is 914. The monoisotopic (exact) mass is 356 g/mol. The molecule has 1 amide bonds. The van der Waals surface area contributed by atoms with E-state index in [1.807, 2.05) is 18.2 Å². The van der Waals surface area contributed by atoms with Crippen molar-refractivity contribution in [2.24, 2.45) is 0 Å². The van der Waals surface area contributed by atoms with Crippen LogP contribution in [-0.2, 0) is 0 Å². The van der Waals surface area contributed by atoms with E-state index in [4.69, 9.17) is 16.9 Å². The van der Waals surface area contributed by atoms with Gasteiger partial charge in [-0.15, -0.1) is 0 Å². The number of nitrogens with one attached hydrogen (secondary N) is 2. The smallest absolute Gasteiger partial charge is 0.251 e. The van der Waals surface area contributed by atoms with Crippen LogP contribution in [-0.4, -0.2) is 28.2 Å². The molecule has 0 aliphatic heterocycles. The number of thioether (sulfide) groups is 1. The number of benzene rings is 2. The summed E-state index contributed by atoms with van der Waals surface area (Å²) in [6, 6.07) is 14.1. The number of nitriles is 1. The van der Waals surface area contributed by atoms with E-state index in [-0.39, 0.29) is 5.91 Å². The summed E-state index contributed by atoms with van der Waals surface area (Å²) < 4.78 is 0. The molecule has 0 atom stereocenters. The van der Waals surface area contributed by atoms with Gasteiger partial charge in [-0.1, -0.05) is 23.4 Å². The van der Waals surface area contributed by atoms with Gasteiger partial charge in [-0.05, 0) is 42.5 Å². The highest BCUT2D eigenvalue weighted by molar-refractivity contribution is 7.99. The average molecular weight is 357 g/mol. The number of nitrogens with zero attached hydrogens (tertiary/aromatic N) is 2.